The highest BCUT2D eigenvalue weighted by atomic mass is 35.5. The first-order valence-electron chi connectivity index (χ1n) is 6.58. The van der Waals surface area contributed by atoms with E-state index in [9.17, 15) is 0 Å². The van der Waals surface area contributed by atoms with Gasteiger partial charge < -0.3 is 9.73 Å². The number of hydrogen-bond acceptors (Lipinski definition) is 2. The van der Waals surface area contributed by atoms with E-state index in [1.54, 1.807) is 0 Å². The topological polar surface area (TPSA) is 25.2 Å². The molecule has 0 saturated carbocycles. The van der Waals surface area contributed by atoms with Crippen molar-refractivity contribution >= 4 is 22.6 Å². The first-order valence-corrected chi connectivity index (χ1v) is 6.96. The molecule has 18 heavy (non-hydrogen) atoms. The van der Waals surface area contributed by atoms with Crippen LogP contribution in [0.4, 0.5) is 0 Å². The van der Waals surface area contributed by atoms with Crippen molar-refractivity contribution in [3.8, 4) is 0 Å². The van der Waals surface area contributed by atoms with Crippen molar-refractivity contribution in [1.82, 2.24) is 5.32 Å². The molecule has 0 radical (unpaired) electrons. The molecule has 0 aliphatic rings. The monoisotopic (exact) mass is 265 g/mol. The Balaban J connectivity index is 2.44. The number of furan rings is 1. The Bertz CT molecular complexity index is 545. The molecule has 0 unspecified atom stereocenters. The van der Waals surface area contributed by atoms with E-state index in [0.29, 0.717) is 5.02 Å². The van der Waals surface area contributed by atoms with Gasteiger partial charge in [-0.2, -0.15) is 0 Å². The molecule has 0 atom stereocenters. The van der Waals surface area contributed by atoms with Crippen molar-refractivity contribution in [2.45, 2.75) is 40.2 Å². The molecule has 0 aliphatic carbocycles. The van der Waals surface area contributed by atoms with Crippen LogP contribution in [0.25, 0.3) is 11.0 Å². The zero-order valence-electron chi connectivity index (χ0n) is 11.3. The van der Waals surface area contributed by atoms with Gasteiger partial charge in [0.05, 0.1) is 11.6 Å². The van der Waals surface area contributed by atoms with E-state index in [2.05, 4.69) is 32.2 Å². The van der Waals surface area contributed by atoms with Gasteiger partial charge in [-0.3, -0.25) is 0 Å². The molecular weight excluding hydrogens is 246 g/mol. The van der Waals surface area contributed by atoms with E-state index in [4.69, 9.17) is 16.0 Å². The summed E-state index contributed by atoms with van der Waals surface area (Å²) in [5, 5.41) is 5.26. The van der Waals surface area contributed by atoms with Gasteiger partial charge in [0.25, 0.3) is 0 Å². The fraction of sp³-hybridized carbons (Fsp3) is 0.467. The van der Waals surface area contributed by atoms with E-state index in [0.717, 1.165) is 42.7 Å². The Hall–Kier alpha value is -0.990. The van der Waals surface area contributed by atoms with Gasteiger partial charge >= 0.3 is 0 Å². The summed E-state index contributed by atoms with van der Waals surface area (Å²) in [6, 6.07) is 4.11. The third-order valence-corrected chi connectivity index (χ3v) is 3.42. The van der Waals surface area contributed by atoms with E-state index in [1.165, 1.54) is 11.1 Å². The predicted molar refractivity (Wildman–Crippen MR) is 77.3 cm³/mol. The van der Waals surface area contributed by atoms with Crippen LogP contribution in [0.3, 0.4) is 0 Å². The molecule has 98 valence electrons. The van der Waals surface area contributed by atoms with Gasteiger partial charge in [-0.15, -0.1) is 0 Å². The van der Waals surface area contributed by atoms with E-state index in [-0.39, 0.29) is 0 Å². The Labute approximate surface area is 113 Å². The number of fused-ring (bicyclic) bond motifs is 1. The third kappa shape index (κ3) is 2.55. The van der Waals surface area contributed by atoms with E-state index < -0.39 is 0 Å². The molecule has 0 spiro atoms. The number of rotatable bonds is 5. The quantitative estimate of drug-likeness (QED) is 0.808. The van der Waals surface area contributed by atoms with Crippen molar-refractivity contribution in [3.05, 3.63) is 34.0 Å². The van der Waals surface area contributed by atoms with Crippen molar-refractivity contribution in [2.75, 3.05) is 6.54 Å². The second-order valence-electron chi connectivity index (χ2n) is 4.66. The van der Waals surface area contributed by atoms with Crippen LogP contribution in [0, 0.1) is 6.92 Å². The smallest absolute Gasteiger partial charge is 0.153 e. The molecule has 0 bridgehead atoms. The zero-order valence-corrected chi connectivity index (χ0v) is 12.0. The minimum atomic E-state index is 0.710. The van der Waals surface area contributed by atoms with Crippen LogP contribution in [0.1, 0.15) is 37.2 Å². The Kier molecular flexibility index (Phi) is 4.31. The number of benzene rings is 1. The van der Waals surface area contributed by atoms with Crippen LogP contribution in [0.2, 0.25) is 5.02 Å². The molecule has 2 nitrogen and oxygen atoms in total. The van der Waals surface area contributed by atoms with Crippen molar-refractivity contribution in [1.29, 1.82) is 0 Å². The summed E-state index contributed by atoms with van der Waals surface area (Å²) in [5.41, 5.74) is 3.28. The summed E-state index contributed by atoms with van der Waals surface area (Å²) < 4.78 is 5.93. The van der Waals surface area contributed by atoms with Crippen molar-refractivity contribution < 1.29 is 4.42 Å². The molecule has 0 fully saturated rings. The summed E-state index contributed by atoms with van der Waals surface area (Å²) in [4.78, 5) is 0. The number of halogens is 1. The Morgan fingerprint density at radius 2 is 2.06 bits per heavy atom. The molecule has 0 aliphatic heterocycles. The van der Waals surface area contributed by atoms with Gasteiger partial charge in [-0.1, -0.05) is 25.4 Å². The lowest BCUT2D eigenvalue weighted by molar-refractivity contribution is 0.508. The maximum atomic E-state index is 6.25. The number of hydrogen-bond donors (Lipinski definition) is 1. The predicted octanol–water partition coefficient (Wildman–Crippen LogP) is 4.46. The molecule has 0 amide bonds. The van der Waals surface area contributed by atoms with Crippen molar-refractivity contribution in [3.63, 3.8) is 0 Å². The lowest BCUT2D eigenvalue weighted by atomic mass is 10.1. The molecule has 1 heterocycles. The normalized spacial score (nSPS) is 11.3. The van der Waals surface area contributed by atoms with Gasteiger partial charge in [0.2, 0.25) is 0 Å². The van der Waals surface area contributed by atoms with Gasteiger partial charge in [-0.25, -0.2) is 0 Å². The second kappa shape index (κ2) is 5.77. The van der Waals surface area contributed by atoms with Crippen LogP contribution >= 0.6 is 11.6 Å². The minimum Gasteiger partial charge on any atom is -0.458 e. The molecule has 1 aromatic carbocycles. The maximum Gasteiger partial charge on any atom is 0.153 e. The fourth-order valence-electron chi connectivity index (χ4n) is 2.30. The van der Waals surface area contributed by atoms with Crippen LogP contribution in [-0.2, 0) is 13.0 Å². The van der Waals surface area contributed by atoms with Crippen LogP contribution < -0.4 is 5.32 Å². The molecule has 3 heteroatoms. The summed E-state index contributed by atoms with van der Waals surface area (Å²) in [5.74, 6) is 1.02. The highest BCUT2D eigenvalue weighted by Gasteiger charge is 2.15. The molecular formula is C15H20ClNO. The average molecular weight is 266 g/mol. The summed E-state index contributed by atoms with van der Waals surface area (Å²) >= 11 is 6.25. The molecule has 1 aromatic heterocycles. The van der Waals surface area contributed by atoms with Crippen LogP contribution in [-0.4, -0.2) is 6.54 Å². The van der Waals surface area contributed by atoms with Crippen molar-refractivity contribution in [2.24, 2.45) is 0 Å². The fourth-order valence-corrected chi connectivity index (χ4v) is 2.61. The molecule has 0 saturated heterocycles. The zero-order chi connectivity index (χ0) is 13.1. The summed E-state index contributed by atoms with van der Waals surface area (Å²) in [6.45, 7) is 8.16. The lowest BCUT2D eigenvalue weighted by Gasteiger charge is -2.02. The van der Waals surface area contributed by atoms with Gasteiger partial charge in [-0.05, 0) is 44.0 Å². The molecule has 2 aromatic rings. The van der Waals surface area contributed by atoms with Gasteiger partial charge in [0.1, 0.15) is 5.76 Å². The van der Waals surface area contributed by atoms with Crippen LogP contribution in [0.5, 0.6) is 0 Å². The Morgan fingerprint density at radius 1 is 1.28 bits per heavy atom. The lowest BCUT2D eigenvalue weighted by Crippen LogP contribution is -2.14. The average Bonchev–Trinajstić information content (AvgIpc) is 2.67. The minimum absolute atomic E-state index is 0.710. The maximum absolute atomic E-state index is 6.25. The highest BCUT2D eigenvalue weighted by molar-refractivity contribution is 6.35. The van der Waals surface area contributed by atoms with Gasteiger partial charge in [0, 0.05) is 10.9 Å². The second-order valence-corrected chi connectivity index (χ2v) is 5.06. The van der Waals surface area contributed by atoms with Crippen LogP contribution in [0.15, 0.2) is 16.5 Å². The Morgan fingerprint density at radius 3 is 2.72 bits per heavy atom. The van der Waals surface area contributed by atoms with Gasteiger partial charge in [0.15, 0.2) is 5.58 Å². The largest absolute Gasteiger partial charge is 0.458 e. The number of aryl methyl sites for hydroxylation is 2. The van der Waals surface area contributed by atoms with E-state index >= 15 is 0 Å². The highest BCUT2D eigenvalue weighted by Crippen LogP contribution is 2.32. The first kappa shape index (κ1) is 13.4. The number of nitrogens with one attached hydrogen (secondary N) is 1. The van der Waals surface area contributed by atoms with E-state index in [1.807, 2.05) is 6.07 Å². The third-order valence-electron chi connectivity index (χ3n) is 3.14. The standard InChI is InChI=1S/C15H20ClNO/c1-4-6-17-9-14-11(5-2)12-7-10(3)8-13(16)15(12)18-14/h7-8,17H,4-6,9H2,1-3H3. The summed E-state index contributed by atoms with van der Waals surface area (Å²) in [7, 11) is 0. The summed E-state index contributed by atoms with van der Waals surface area (Å²) in [6.07, 6.45) is 2.09. The molecule has 2 rings (SSSR count). The first-order chi connectivity index (χ1) is 8.67. The SMILES string of the molecule is CCCNCc1oc2c(Cl)cc(C)cc2c1CC. The molecule has 1 N–H and O–H groups in total.